The first-order valence-electron chi connectivity index (χ1n) is 8.33. The molecular formula is C20H34O11. The van der Waals surface area contributed by atoms with Crippen molar-refractivity contribution >= 4 is 23.9 Å². The highest BCUT2D eigenvalue weighted by Gasteiger charge is 1.91. The van der Waals surface area contributed by atoms with E-state index >= 15 is 0 Å². The molecule has 0 heterocycles. The fourth-order valence-electron chi connectivity index (χ4n) is 0.231. The second kappa shape index (κ2) is 26.7. The van der Waals surface area contributed by atoms with Gasteiger partial charge in [-0.1, -0.05) is 26.3 Å². The van der Waals surface area contributed by atoms with E-state index in [-0.39, 0.29) is 35.5 Å². The van der Waals surface area contributed by atoms with Crippen LogP contribution in [0.15, 0.2) is 48.6 Å². The second-order valence-corrected chi connectivity index (χ2v) is 5.40. The average molecular weight is 450 g/mol. The Morgan fingerprint density at radius 2 is 0.677 bits per heavy atom. The molecular weight excluding hydrogens is 416 g/mol. The number of hydrogen-bond donors (Lipinski definition) is 6. The summed E-state index contributed by atoms with van der Waals surface area (Å²) >= 11 is 0. The van der Waals surface area contributed by atoms with Gasteiger partial charge in [-0.25, -0.2) is 19.2 Å². The topological polar surface area (TPSA) is 199 Å². The van der Waals surface area contributed by atoms with Gasteiger partial charge in [0.15, 0.2) is 0 Å². The van der Waals surface area contributed by atoms with E-state index in [1.165, 1.54) is 27.7 Å². The Balaban J connectivity index is -0.0000000910. The summed E-state index contributed by atoms with van der Waals surface area (Å²) in [7, 11) is 0. The van der Waals surface area contributed by atoms with Crippen molar-refractivity contribution in [3.8, 4) is 0 Å². The summed E-state index contributed by atoms with van der Waals surface area (Å²) in [5, 5.41) is 47.7. The minimum Gasteiger partial charge on any atom is -0.478 e. The number of hydrogen-bond acceptors (Lipinski definition) is 7. The summed E-state index contributed by atoms with van der Waals surface area (Å²) in [6, 6.07) is 0. The molecule has 0 saturated heterocycles. The molecule has 0 radical (unpaired) electrons. The van der Waals surface area contributed by atoms with Gasteiger partial charge < -0.3 is 35.4 Å². The van der Waals surface area contributed by atoms with E-state index in [1.807, 2.05) is 0 Å². The molecule has 0 atom stereocenters. The normalized spacial score (nSPS) is 7.94. The Morgan fingerprint density at radius 1 is 0.548 bits per heavy atom. The van der Waals surface area contributed by atoms with E-state index in [0.29, 0.717) is 13.2 Å². The standard InChI is InChI=1S/C4H10O3.4C4H6O2/c5-1-3-7-4-2-6;4*1-3(2)4(5)6/h5-6H,1-4H2;4*1H2,2H3,(H,5,6). The number of ether oxygens (including phenoxy) is 1. The van der Waals surface area contributed by atoms with Gasteiger partial charge in [0.2, 0.25) is 0 Å². The third-order valence-corrected chi connectivity index (χ3v) is 1.93. The number of carbonyl (C=O) groups is 4. The maximum atomic E-state index is 9.60. The fraction of sp³-hybridized carbons (Fsp3) is 0.400. The fourth-order valence-corrected chi connectivity index (χ4v) is 0.231. The zero-order valence-electron chi connectivity index (χ0n) is 18.4. The van der Waals surface area contributed by atoms with E-state index in [1.54, 1.807) is 0 Å². The molecule has 11 nitrogen and oxygen atoms in total. The Bertz CT molecular complexity index is 456. The van der Waals surface area contributed by atoms with Crippen molar-refractivity contribution in [1.82, 2.24) is 0 Å². The van der Waals surface area contributed by atoms with Gasteiger partial charge in [0.25, 0.3) is 0 Å². The predicted molar refractivity (Wildman–Crippen MR) is 115 cm³/mol. The lowest BCUT2D eigenvalue weighted by Gasteiger charge is -1.94. The molecule has 0 amide bonds. The molecule has 31 heavy (non-hydrogen) atoms. The van der Waals surface area contributed by atoms with E-state index in [2.05, 4.69) is 31.1 Å². The van der Waals surface area contributed by atoms with E-state index < -0.39 is 23.9 Å². The Morgan fingerprint density at radius 3 is 0.742 bits per heavy atom. The molecule has 0 fully saturated rings. The molecule has 0 spiro atoms. The van der Waals surface area contributed by atoms with Crippen LogP contribution in [0, 0.1) is 0 Å². The van der Waals surface area contributed by atoms with Crippen LogP contribution in [0.25, 0.3) is 0 Å². The van der Waals surface area contributed by atoms with E-state index in [9.17, 15) is 19.2 Å². The van der Waals surface area contributed by atoms with Crippen molar-refractivity contribution in [3.05, 3.63) is 48.6 Å². The summed E-state index contributed by atoms with van der Waals surface area (Å²) in [5.74, 6) is -3.74. The minimum absolute atomic E-state index is 0.0278. The van der Waals surface area contributed by atoms with Crippen molar-refractivity contribution in [1.29, 1.82) is 0 Å². The summed E-state index contributed by atoms with van der Waals surface area (Å²) in [4.78, 5) is 38.4. The number of aliphatic hydroxyl groups excluding tert-OH is 2. The number of rotatable bonds is 8. The Hall–Kier alpha value is -3.28. The molecule has 0 bridgehead atoms. The van der Waals surface area contributed by atoms with Gasteiger partial charge in [-0.05, 0) is 27.7 Å². The molecule has 0 aromatic rings. The third kappa shape index (κ3) is 58.4. The van der Waals surface area contributed by atoms with Crippen LogP contribution in [0.5, 0.6) is 0 Å². The van der Waals surface area contributed by atoms with Crippen LogP contribution in [0.1, 0.15) is 27.7 Å². The summed E-state index contributed by atoms with van der Waals surface area (Å²) in [5.41, 5.74) is 0.704. The maximum Gasteiger partial charge on any atom is 0.330 e. The van der Waals surface area contributed by atoms with Crippen molar-refractivity contribution in [3.63, 3.8) is 0 Å². The Kier molecular flexibility index (Phi) is 33.0. The molecule has 11 heteroatoms. The summed E-state index contributed by atoms with van der Waals surface area (Å²) in [6.07, 6.45) is 0. The number of aliphatic hydroxyl groups is 2. The quantitative estimate of drug-likeness (QED) is 0.232. The summed E-state index contributed by atoms with van der Waals surface area (Å²) in [6.45, 7) is 19.1. The van der Waals surface area contributed by atoms with E-state index in [0.717, 1.165) is 0 Å². The van der Waals surface area contributed by atoms with Crippen LogP contribution in [-0.2, 0) is 23.9 Å². The van der Waals surface area contributed by atoms with Gasteiger partial charge in [-0.2, -0.15) is 0 Å². The van der Waals surface area contributed by atoms with Crippen LogP contribution in [0.3, 0.4) is 0 Å². The number of carboxylic acids is 4. The van der Waals surface area contributed by atoms with Crippen molar-refractivity contribution in [2.24, 2.45) is 0 Å². The van der Waals surface area contributed by atoms with Crippen LogP contribution < -0.4 is 0 Å². The molecule has 0 saturated carbocycles. The van der Waals surface area contributed by atoms with E-state index in [4.69, 9.17) is 30.6 Å². The van der Waals surface area contributed by atoms with Gasteiger partial charge >= 0.3 is 23.9 Å². The monoisotopic (exact) mass is 450 g/mol. The molecule has 0 aromatic carbocycles. The summed E-state index contributed by atoms with van der Waals surface area (Å²) < 4.78 is 4.63. The smallest absolute Gasteiger partial charge is 0.330 e. The van der Waals surface area contributed by atoms with Crippen LogP contribution >= 0.6 is 0 Å². The van der Waals surface area contributed by atoms with Crippen molar-refractivity contribution in [2.75, 3.05) is 26.4 Å². The lowest BCUT2D eigenvalue weighted by Crippen LogP contribution is -2.03. The predicted octanol–water partition coefficient (Wildman–Crippen LogP) is 1.58. The largest absolute Gasteiger partial charge is 0.478 e. The SMILES string of the molecule is C=C(C)C(=O)O.C=C(C)C(=O)O.C=C(C)C(=O)O.C=C(C)C(=O)O.OCCOCCO. The Labute approximate surface area is 181 Å². The molecule has 0 unspecified atom stereocenters. The molecule has 0 aliphatic rings. The molecule has 0 aromatic heterocycles. The van der Waals surface area contributed by atoms with Crippen LogP contribution in [0.2, 0.25) is 0 Å². The van der Waals surface area contributed by atoms with Crippen molar-refractivity contribution in [2.45, 2.75) is 27.7 Å². The third-order valence-electron chi connectivity index (χ3n) is 1.93. The van der Waals surface area contributed by atoms with Crippen molar-refractivity contribution < 1.29 is 54.6 Å². The number of carboxylic acid groups (broad SMARTS) is 4. The van der Waals surface area contributed by atoms with Gasteiger partial charge in [0.05, 0.1) is 26.4 Å². The average Bonchev–Trinajstić information content (AvgIpc) is 2.63. The zero-order valence-corrected chi connectivity index (χ0v) is 18.4. The lowest BCUT2D eigenvalue weighted by molar-refractivity contribution is -0.133. The first-order chi connectivity index (χ1) is 14.0. The minimum atomic E-state index is -0.935. The lowest BCUT2D eigenvalue weighted by atomic mass is 10.4. The highest BCUT2D eigenvalue weighted by atomic mass is 16.5. The number of aliphatic carboxylic acids is 4. The second-order valence-electron chi connectivity index (χ2n) is 5.40. The van der Waals surface area contributed by atoms with Gasteiger partial charge in [-0.15, -0.1) is 0 Å². The van der Waals surface area contributed by atoms with Crippen LogP contribution in [-0.4, -0.2) is 80.9 Å². The first-order valence-corrected chi connectivity index (χ1v) is 8.33. The molecule has 0 aliphatic carbocycles. The highest BCUT2D eigenvalue weighted by Crippen LogP contribution is 1.82. The first kappa shape index (κ1) is 38.3. The molecule has 0 rings (SSSR count). The maximum absolute atomic E-state index is 9.60. The van der Waals surface area contributed by atoms with Crippen LogP contribution in [0.4, 0.5) is 0 Å². The molecule has 0 aliphatic heterocycles. The van der Waals surface area contributed by atoms with Gasteiger partial charge in [-0.3, -0.25) is 0 Å². The highest BCUT2D eigenvalue weighted by molar-refractivity contribution is 5.85. The molecule has 6 N–H and O–H groups in total. The molecule has 180 valence electrons. The zero-order chi connectivity index (χ0) is 26.2. The van der Waals surface area contributed by atoms with Gasteiger partial charge in [0, 0.05) is 22.3 Å². The van der Waals surface area contributed by atoms with Gasteiger partial charge in [0.1, 0.15) is 0 Å².